The van der Waals surface area contributed by atoms with Gasteiger partial charge in [0, 0.05) is 24.2 Å². The van der Waals surface area contributed by atoms with E-state index in [9.17, 15) is 4.79 Å². The molecule has 0 spiro atoms. The molecule has 0 saturated carbocycles. The van der Waals surface area contributed by atoms with Gasteiger partial charge in [-0.15, -0.1) is 5.10 Å². The summed E-state index contributed by atoms with van der Waals surface area (Å²) in [6.45, 7) is 3.72. The molecule has 3 N–H and O–H groups in total. The van der Waals surface area contributed by atoms with Crippen molar-refractivity contribution in [2.24, 2.45) is 5.92 Å². The fraction of sp³-hybridized carbons (Fsp3) is 0.118. The Morgan fingerprint density at radius 3 is 2.89 bits per heavy atom. The zero-order valence-corrected chi connectivity index (χ0v) is 16.0. The van der Waals surface area contributed by atoms with Crippen molar-refractivity contribution in [1.29, 1.82) is 10.8 Å². The fourth-order valence-corrected chi connectivity index (χ4v) is 3.46. The van der Waals surface area contributed by atoms with Crippen LogP contribution in [0.2, 0.25) is 5.15 Å². The average molecular weight is 415 g/mol. The molecule has 0 aliphatic heterocycles. The zero-order chi connectivity index (χ0) is 20.1. The molecular formula is C17H15ClN8OS. The summed E-state index contributed by atoms with van der Waals surface area (Å²) in [5.41, 5.74) is 0.788. The van der Waals surface area contributed by atoms with E-state index in [0.717, 1.165) is 18.0 Å². The molecule has 1 amide bonds. The van der Waals surface area contributed by atoms with Crippen LogP contribution in [0, 0.1) is 16.7 Å². The molecule has 3 aromatic rings. The summed E-state index contributed by atoms with van der Waals surface area (Å²) in [5, 5.41) is 22.8. The molecule has 0 aliphatic carbocycles. The maximum Gasteiger partial charge on any atom is 0.235 e. The number of aromatic nitrogens is 5. The Labute approximate surface area is 169 Å². The van der Waals surface area contributed by atoms with E-state index in [0.29, 0.717) is 15.8 Å². The molecule has 11 heteroatoms. The van der Waals surface area contributed by atoms with Crippen LogP contribution >= 0.6 is 22.9 Å². The lowest BCUT2D eigenvalue weighted by Gasteiger charge is -2.12. The third-order valence-electron chi connectivity index (χ3n) is 3.67. The van der Waals surface area contributed by atoms with E-state index in [1.807, 2.05) is 6.07 Å². The van der Waals surface area contributed by atoms with Crippen LogP contribution in [0.3, 0.4) is 0 Å². The highest BCUT2D eigenvalue weighted by Gasteiger charge is 2.22. The molecule has 0 saturated heterocycles. The standard InChI is InChI=1S/C17H15ClN8OS/c1-2-13-22-12(7-20)25-26(13)9-11(6-19)15(27)24-17-14(18)23-16(28-17)10-4-3-5-21-8-10/h2-8,11,19-20H,1,9H2,(H,24,27). The molecule has 0 radical (unpaired) electrons. The summed E-state index contributed by atoms with van der Waals surface area (Å²) in [6, 6.07) is 3.63. The lowest BCUT2D eigenvalue weighted by molar-refractivity contribution is -0.118. The van der Waals surface area contributed by atoms with Gasteiger partial charge in [0.25, 0.3) is 0 Å². The maximum absolute atomic E-state index is 12.6. The number of hydrogen-bond donors (Lipinski definition) is 3. The minimum atomic E-state index is -0.820. The summed E-state index contributed by atoms with van der Waals surface area (Å²) < 4.78 is 1.43. The summed E-state index contributed by atoms with van der Waals surface area (Å²) >= 11 is 7.38. The number of halogens is 1. The van der Waals surface area contributed by atoms with E-state index in [2.05, 4.69) is 31.9 Å². The topological polar surface area (TPSA) is 133 Å². The molecule has 142 valence electrons. The van der Waals surface area contributed by atoms with Gasteiger partial charge in [-0.25, -0.2) is 14.6 Å². The van der Waals surface area contributed by atoms with E-state index in [1.165, 1.54) is 22.1 Å². The highest BCUT2D eigenvalue weighted by atomic mass is 35.5. The van der Waals surface area contributed by atoms with Crippen LogP contribution in [0.5, 0.6) is 0 Å². The van der Waals surface area contributed by atoms with Crippen LogP contribution in [-0.4, -0.2) is 43.1 Å². The number of hydrogen-bond acceptors (Lipinski definition) is 8. The number of nitrogens with one attached hydrogen (secondary N) is 3. The fourth-order valence-electron chi connectivity index (χ4n) is 2.31. The first kappa shape index (κ1) is 19.5. The van der Waals surface area contributed by atoms with Gasteiger partial charge in [0.15, 0.2) is 16.8 Å². The van der Waals surface area contributed by atoms with Crippen LogP contribution in [0.1, 0.15) is 11.6 Å². The number of anilines is 1. The first-order valence-electron chi connectivity index (χ1n) is 8.01. The normalized spacial score (nSPS) is 11.6. The zero-order valence-electron chi connectivity index (χ0n) is 14.5. The molecule has 9 nitrogen and oxygen atoms in total. The summed E-state index contributed by atoms with van der Waals surface area (Å²) in [4.78, 5) is 25.0. The van der Waals surface area contributed by atoms with E-state index in [-0.39, 0.29) is 17.5 Å². The number of amides is 1. The molecule has 0 fully saturated rings. The van der Waals surface area contributed by atoms with Gasteiger partial charge in [0.05, 0.1) is 18.7 Å². The molecule has 28 heavy (non-hydrogen) atoms. The van der Waals surface area contributed by atoms with Crippen molar-refractivity contribution in [3.05, 3.63) is 47.9 Å². The number of nitrogens with zero attached hydrogens (tertiary/aromatic N) is 5. The van der Waals surface area contributed by atoms with Crippen LogP contribution in [0.15, 0.2) is 31.1 Å². The van der Waals surface area contributed by atoms with Crippen LogP contribution in [-0.2, 0) is 11.3 Å². The van der Waals surface area contributed by atoms with Crippen LogP contribution in [0.25, 0.3) is 16.6 Å². The molecule has 3 heterocycles. The van der Waals surface area contributed by atoms with E-state index >= 15 is 0 Å². The van der Waals surface area contributed by atoms with Crippen molar-refractivity contribution in [3.8, 4) is 10.6 Å². The Morgan fingerprint density at radius 1 is 1.43 bits per heavy atom. The van der Waals surface area contributed by atoms with Gasteiger partial charge in [-0.3, -0.25) is 9.78 Å². The highest BCUT2D eigenvalue weighted by molar-refractivity contribution is 7.19. The Balaban J connectivity index is 1.77. The predicted molar refractivity (Wildman–Crippen MR) is 109 cm³/mol. The van der Waals surface area contributed by atoms with Crippen molar-refractivity contribution >= 4 is 52.4 Å². The number of rotatable bonds is 8. The second kappa shape index (κ2) is 8.63. The smallest absolute Gasteiger partial charge is 0.235 e. The van der Waals surface area contributed by atoms with Gasteiger partial charge >= 0.3 is 0 Å². The van der Waals surface area contributed by atoms with Crippen LogP contribution < -0.4 is 5.32 Å². The molecule has 3 rings (SSSR count). The molecule has 1 unspecified atom stereocenters. The number of pyridine rings is 1. The second-order valence-corrected chi connectivity index (χ2v) is 6.86. The van der Waals surface area contributed by atoms with Gasteiger partial charge in [-0.05, 0) is 18.2 Å². The molecule has 1 atom stereocenters. The summed E-state index contributed by atoms with van der Waals surface area (Å²) in [7, 11) is 0. The van der Waals surface area contributed by atoms with Gasteiger partial charge < -0.3 is 16.1 Å². The van der Waals surface area contributed by atoms with Crippen molar-refractivity contribution in [1.82, 2.24) is 24.7 Å². The third kappa shape index (κ3) is 4.18. The Kier molecular flexibility index (Phi) is 6.02. The largest absolute Gasteiger partial charge is 0.314 e. The second-order valence-electron chi connectivity index (χ2n) is 5.50. The number of thiazole rings is 1. The number of carbonyl (C=O) groups is 1. The van der Waals surface area contributed by atoms with Crippen molar-refractivity contribution < 1.29 is 4.79 Å². The van der Waals surface area contributed by atoms with Crippen molar-refractivity contribution in [3.63, 3.8) is 0 Å². The van der Waals surface area contributed by atoms with Gasteiger partial charge in [0.2, 0.25) is 5.91 Å². The maximum atomic E-state index is 12.6. The lowest BCUT2D eigenvalue weighted by Crippen LogP contribution is -2.28. The Hall–Kier alpha value is -3.24. The predicted octanol–water partition coefficient (Wildman–Crippen LogP) is 3.00. The van der Waals surface area contributed by atoms with Gasteiger partial charge in [-0.1, -0.05) is 29.5 Å². The van der Waals surface area contributed by atoms with E-state index < -0.39 is 11.8 Å². The Morgan fingerprint density at radius 2 is 2.25 bits per heavy atom. The Bertz CT molecular complexity index is 1030. The van der Waals surface area contributed by atoms with Gasteiger partial charge in [0.1, 0.15) is 10.0 Å². The third-order valence-corrected chi connectivity index (χ3v) is 5.07. The molecule has 0 aromatic carbocycles. The lowest BCUT2D eigenvalue weighted by atomic mass is 10.1. The highest BCUT2D eigenvalue weighted by Crippen LogP contribution is 2.34. The summed E-state index contributed by atoms with van der Waals surface area (Å²) in [6.07, 6.45) is 6.80. The van der Waals surface area contributed by atoms with Crippen molar-refractivity contribution in [2.45, 2.75) is 6.54 Å². The van der Waals surface area contributed by atoms with Crippen molar-refractivity contribution in [2.75, 3.05) is 5.32 Å². The minimum Gasteiger partial charge on any atom is -0.314 e. The quantitative estimate of drug-likeness (QED) is 0.487. The number of carbonyl (C=O) groups excluding carboxylic acids is 1. The first-order valence-corrected chi connectivity index (χ1v) is 9.21. The summed E-state index contributed by atoms with van der Waals surface area (Å²) in [5.74, 6) is -0.641. The molecule has 3 aromatic heterocycles. The molecule has 0 bridgehead atoms. The average Bonchev–Trinajstić information content (AvgIpc) is 3.29. The molecular weight excluding hydrogens is 400 g/mol. The molecule has 0 aliphatic rings. The van der Waals surface area contributed by atoms with E-state index in [1.54, 1.807) is 18.5 Å². The van der Waals surface area contributed by atoms with Gasteiger partial charge in [-0.2, -0.15) is 0 Å². The first-order chi connectivity index (χ1) is 13.5. The SMILES string of the molecule is C=Cc1nc(C=N)nn1CC(C=N)C(=O)Nc1sc(-c2cccnc2)nc1Cl. The van der Waals surface area contributed by atoms with Crippen LogP contribution in [0.4, 0.5) is 5.00 Å². The minimum absolute atomic E-state index is 0.0728. The van der Waals surface area contributed by atoms with E-state index in [4.69, 9.17) is 22.4 Å². The monoisotopic (exact) mass is 414 g/mol.